The van der Waals surface area contributed by atoms with Crippen molar-refractivity contribution in [3.63, 3.8) is 0 Å². The van der Waals surface area contributed by atoms with Crippen molar-refractivity contribution in [3.8, 4) is 0 Å². The summed E-state index contributed by atoms with van der Waals surface area (Å²) in [4.78, 5) is 65.2. The molecule has 4 aliphatic rings. The fraction of sp³-hybridized carbons (Fsp3) is 0.407. The summed E-state index contributed by atoms with van der Waals surface area (Å²) in [6, 6.07) is 2.74. The molecule has 0 radical (unpaired) electrons. The zero-order valence-electron chi connectivity index (χ0n) is 24.5. The summed E-state index contributed by atoms with van der Waals surface area (Å²) in [6.45, 7) is 1.75. The average molecular weight is 692 g/mol. The minimum Gasteiger partial charge on any atom is -0.545 e. The van der Waals surface area contributed by atoms with Crippen molar-refractivity contribution in [2.24, 2.45) is 0 Å². The van der Waals surface area contributed by atoms with Crippen molar-refractivity contribution >= 4 is 80.4 Å². The quantitative estimate of drug-likeness (QED) is 0.159. The third-order valence-electron chi connectivity index (χ3n) is 7.79. The normalized spacial score (nSPS) is 19.0. The minimum absolute atomic E-state index is 0. The zero-order valence-corrected chi connectivity index (χ0v) is 30.9. The van der Waals surface area contributed by atoms with E-state index in [1.54, 1.807) is 10.6 Å². The van der Waals surface area contributed by atoms with Gasteiger partial charge in [0.1, 0.15) is 10.1 Å². The molecule has 4 heterocycles. The number of benzene rings is 1. The van der Waals surface area contributed by atoms with Gasteiger partial charge in [-0.3, -0.25) is 19.3 Å². The number of fused-ring (bicyclic) bond motifs is 2. The van der Waals surface area contributed by atoms with Gasteiger partial charge in [0.15, 0.2) is 5.43 Å². The second-order valence-corrected chi connectivity index (χ2v) is 13.4. The Hall–Kier alpha value is -1.63. The van der Waals surface area contributed by atoms with E-state index in [0.717, 1.165) is 30.7 Å². The number of rotatable bonds is 8. The van der Waals surface area contributed by atoms with E-state index in [1.165, 1.54) is 22.9 Å². The molecule has 2 amide bonds. The standard InChI is InChI=1S/C27H26FN5O7S3.2Na/c28-16-7-14-17(32(13-1-2-13)11-15(24(14)36)25(37)38)8-18(16)30-3-5-31(6-4-30)27(41)42-12-20(34)29-10-19-23(26(39)40)33-21(35)9-22(33)43-19;;/h7-8,11,13,22H,1-6,9-10,12H2,(H,29,34)(H,37,38)(H,39,40);;/q;2*+1/p-2/t22-;;/m1../s1. The number of β-lactam (4-membered cyclic amide) rings is 1. The largest absolute Gasteiger partial charge is 1.00 e. The summed E-state index contributed by atoms with van der Waals surface area (Å²) >= 11 is 7.91. The van der Waals surface area contributed by atoms with Crippen molar-refractivity contribution in [3.05, 3.63) is 50.5 Å². The number of piperazine rings is 1. The molecule has 1 aromatic heterocycles. The Bertz CT molecular complexity index is 1690. The molecule has 0 spiro atoms. The molecule has 226 valence electrons. The van der Waals surface area contributed by atoms with Gasteiger partial charge in [-0.25, -0.2) is 4.39 Å². The molecule has 6 rings (SSSR count). The fourth-order valence-corrected chi connectivity index (χ4v) is 7.83. The van der Waals surface area contributed by atoms with Crippen molar-refractivity contribution in [2.75, 3.05) is 43.4 Å². The van der Waals surface area contributed by atoms with Gasteiger partial charge in [-0.1, -0.05) is 24.0 Å². The minimum atomic E-state index is -1.59. The number of amides is 2. The molecule has 2 aromatic rings. The number of halogens is 1. The molecule has 0 unspecified atom stereocenters. The molecule has 1 N–H and O–H groups in total. The van der Waals surface area contributed by atoms with Gasteiger partial charge in [-0.15, -0.1) is 11.8 Å². The van der Waals surface area contributed by atoms with Crippen LogP contribution in [-0.4, -0.2) is 86.3 Å². The van der Waals surface area contributed by atoms with Gasteiger partial charge in [0, 0.05) is 48.7 Å². The number of aliphatic carboxylic acids is 1. The molecule has 45 heavy (non-hydrogen) atoms. The molecule has 3 fully saturated rings. The van der Waals surface area contributed by atoms with Gasteiger partial charge in [-0.05, 0) is 25.0 Å². The number of hydrogen-bond acceptors (Lipinski definition) is 11. The van der Waals surface area contributed by atoms with E-state index >= 15 is 4.39 Å². The number of aromatic nitrogens is 1. The van der Waals surface area contributed by atoms with Gasteiger partial charge in [0.2, 0.25) is 11.8 Å². The molecule has 3 aliphatic heterocycles. The van der Waals surface area contributed by atoms with Crippen LogP contribution < -0.4 is 85.0 Å². The summed E-state index contributed by atoms with van der Waals surface area (Å²) < 4.78 is 17.5. The second kappa shape index (κ2) is 14.6. The predicted octanol–water partition coefficient (Wildman–Crippen LogP) is -6.63. The van der Waals surface area contributed by atoms with Crippen LogP contribution in [0.4, 0.5) is 10.1 Å². The number of anilines is 1. The fourth-order valence-electron chi connectivity index (χ4n) is 5.42. The van der Waals surface area contributed by atoms with E-state index in [0.29, 0.717) is 46.6 Å². The van der Waals surface area contributed by atoms with Crippen LogP contribution in [-0.2, 0) is 14.4 Å². The van der Waals surface area contributed by atoms with Gasteiger partial charge in [-0.2, -0.15) is 0 Å². The van der Waals surface area contributed by atoms with Crippen LogP contribution in [0.2, 0.25) is 0 Å². The van der Waals surface area contributed by atoms with Crippen LogP contribution in [0.25, 0.3) is 10.9 Å². The molecule has 1 aliphatic carbocycles. The van der Waals surface area contributed by atoms with E-state index in [2.05, 4.69) is 5.32 Å². The summed E-state index contributed by atoms with van der Waals surface area (Å²) in [7, 11) is 0. The number of carboxylic acids is 2. The van der Waals surface area contributed by atoms with Crippen LogP contribution in [0.3, 0.4) is 0 Å². The first-order valence-corrected chi connectivity index (χ1v) is 15.8. The average Bonchev–Trinajstić information content (AvgIpc) is 3.77. The molecule has 1 saturated carbocycles. The van der Waals surface area contributed by atoms with Gasteiger partial charge >= 0.3 is 59.1 Å². The van der Waals surface area contributed by atoms with Gasteiger partial charge in [0.05, 0.1) is 58.5 Å². The molecular weight excluding hydrogens is 668 g/mol. The number of carbonyl (C=O) groups excluding carboxylic acids is 4. The number of aromatic carboxylic acids is 1. The van der Waals surface area contributed by atoms with Crippen molar-refractivity contribution < 1.29 is 92.9 Å². The van der Waals surface area contributed by atoms with Crippen LogP contribution in [0.1, 0.15) is 35.7 Å². The number of carboxylic acid groups (broad SMARTS) is 2. The first kappa shape index (κ1) is 36.2. The first-order chi connectivity index (χ1) is 20.5. The number of pyridine rings is 1. The van der Waals surface area contributed by atoms with E-state index in [4.69, 9.17) is 12.2 Å². The molecule has 2 saturated heterocycles. The Morgan fingerprint density at radius 1 is 1.07 bits per heavy atom. The Kier molecular flexibility index (Phi) is 11.8. The molecule has 0 bridgehead atoms. The number of thiocarbonyl (C=S) groups is 1. The number of nitrogens with one attached hydrogen (secondary N) is 1. The number of thioether (sulfide) groups is 2. The van der Waals surface area contributed by atoms with Crippen LogP contribution in [0, 0.1) is 5.82 Å². The van der Waals surface area contributed by atoms with E-state index < -0.39 is 28.7 Å². The molecule has 1 aromatic carbocycles. The molecule has 1 atom stereocenters. The third kappa shape index (κ3) is 7.28. The maximum absolute atomic E-state index is 15.2. The Labute approximate surface area is 314 Å². The predicted molar refractivity (Wildman–Crippen MR) is 157 cm³/mol. The van der Waals surface area contributed by atoms with E-state index in [-0.39, 0.29) is 112 Å². The smallest absolute Gasteiger partial charge is 0.545 e. The summed E-state index contributed by atoms with van der Waals surface area (Å²) in [5.74, 6) is -4.29. The zero-order chi connectivity index (χ0) is 30.6. The second-order valence-electron chi connectivity index (χ2n) is 10.5. The maximum Gasteiger partial charge on any atom is 1.00 e. The van der Waals surface area contributed by atoms with Crippen LogP contribution >= 0.6 is 35.7 Å². The number of nitrogens with zero attached hydrogens (tertiary/aromatic N) is 4. The Balaban J connectivity index is 0.00000230. The van der Waals surface area contributed by atoms with E-state index in [9.17, 15) is 34.2 Å². The molecular formula is C27H24FN5Na2O7S3. The van der Waals surface area contributed by atoms with Crippen molar-refractivity contribution in [1.29, 1.82) is 0 Å². The van der Waals surface area contributed by atoms with Crippen molar-refractivity contribution in [2.45, 2.75) is 30.7 Å². The Morgan fingerprint density at radius 3 is 2.36 bits per heavy atom. The SMILES string of the molecule is O=C(CSC(=S)N1CCN(c2cc3c(cc2F)c(=O)c(C(=O)[O-])cn3C2CC2)CC1)NCC1=C(C(=O)[O-])N2C(=O)C[C@H]2S1.[Na+].[Na+]. The topological polar surface area (TPSA) is 158 Å². The number of carbonyl (C=O) groups is 4. The van der Waals surface area contributed by atoms with Gasteiger partial charge in [0.25, 0.3) is 0 Å². The summed E-state index contributed by atoms with van der Waals surface area (Å²) in [5.41, 5.74) is -0.664. The van der Waals surface area contributed by atoms with Crippen molar-refractivity contribution in [1.82, 2.24) is 19.7 Å². The van der Waals surface area contributed by atoms with Crippen LogP contribution in [0.5, 0.6) is 0 Å². The summed E-state index contributed by atoms with van der Waals surface area (Å²) in [6.07, 6.45) is 3.20. The molecule has 12 nitrogen and oxygen atoms in total. The first-order valence-electron chi connectivity index (χ1n) is 13.5. The monoisotopic (exact) mass is 691 g/mol. The maximum atomic E-state index is 15.2. The summed E-state index contributed by atoms with van der Waals surface area (Å²) in [5, 5.41) is 25.4. The van der Waals surface area contributed by atoms with Crippen LogP contribution in [0.15, 0.2) is 33.7 Å². The third-order valence-corrected chi connectivity index (χ3v) is 10.6. The molecule has 18 heteroatoms. The Morgan fingerprint density at radius 2 is 1.76 bits per heavy atom. The van der Waals surface area contributed by atoms with Gasteiger partial charge < -0.3 is 39.5 Å². The van der Waals surface area contributed by atoms with E-state index in [1.807, 2.05) is 9.80 Å². The number of hydrogen-bond donors (Lipinski definition) is 1.